The minimum Gasteiger partial charge on any atom is -0.384 e. The monoisotopic (exact) mass is 315 g/mol. The normalized spacial score (nSPS) is 18.4. The van der Waals surface area contributed by atoms with Gasteiger partial charge < -0.3 is 5.32 Å². The number of rotatable bonds is 1. The van der Waals surface area contributed by atoms with Crippen LogP contribution in [0.3, 0.4) is 0 Å². The Balaban J connectivity index is 1.92. The molecule has 1 aliphatic rings. The molecule has 3 rings (SSSR count). The van der Waals surface area contributed by atoms with Crippen LogP contribution in [-0.4, -0.2) is 12.3 Å². The van der Waals surface area contributed by atoms with Crippen LogP contribution in [0.1, 0.15) is 28.3 Å². The number of benzene rings is 2. The largest absolute Gasteiger partial charge is 0.384 e. The fourth-order valence-electron chi connectivity index (χ4n) is 2.50. The smallest absolute Gasteiger partial charge is 0.165 e. The predicted octanol–water partition coefficient (Wildman–Crippen LogP) is 4.23. The standard InChI is InChI=1S/C16H14BrNO/c17-13-6-7-15-14(9-13)16(19)8-12(10-18-15)11-4-2-1-3-5-11/h1-7,9,12,18H,8,10H2. The lowest BCUT2D eigenvalue weighted by atomic mass is 9.93. The Morgan fingerprint density at radius 2 is 1.89 bits per heavy atom. The maximum atomic E-state index is 12.4. The van der Waals surface area contributed by atoms with Gasteiger partial charge in [0.15, 0.2) is 5.78 Å². The molecule has 0 saturated heterocycles. The Hall–Kier alpha value is -1.61. The quantitative estimate of drug-likeness (QED) is 0.853. The number of carbonyl (C=O) groups is 1. The van der Waals surface area contributed by atoms with Crippen molar-refractivity contribution in [1.29, 1.82) is 0 Å². The first kappa shape index (κ1) is 12.4. The number of halogens is 1. The second-order valence-corrected chi connectivity index (χ2v) is 5.72. The van der Waals surface area contributed by atoms with Crippen LogP contribution in [0.5, 0.6) is 0 Å². The van der Waals surface area contributed by atoms with Gasteiger partial charge in [-0.2, -0.15) is 0 Å². The topological polar surface area (TPSA) is 29.1 Å². The number of nitrogens with one attached hydrogen (secondary N) is 1. The number of Topliss-reactive ketones (excluding diaryl/α,β-unsaturated/α-hetero) is 1. The number of fused-ring (bicyclic) bond motifs is 1. The van der Waals surface area contributed by atoms with Gasteiger partial charge in [0.25, 0.3) is 0 Å². The van der Waals surface area contributed by atoms with Crippen LogP contribution in [0.2, 0.25) is 0 Å². The van der Waals surface area contributed by atoms with Crippen LogP contribution in [-0.2, 0) is 0 Å². The van der Waals surface area contributed by atoms with Crippen LogP contribution >= 0.6 is 15.9 Å². The highest BCUT2D eigenvalue weighted by molar-refractivity contribution is 9.10. The van der Waals surface area contributed by atoms with E-state index in [0.29, 0.717) is 6.42 Å². The van der Waals surface area contributed by atoms with E-state index < -0.39 is 0 Å². The van der Waals surface area contributed by atoms with Crippen molar-refractivity contribution < 1.29 is 4.79 Å². The molecule has 0 spiro atoms. The molecule has 0 aromatic heterocycles. The molecule has 0 bridgehead atoms. The molecule has 96 valence electrons. The maximum absolute atomic E-state index is 12.4. The predicted molar refractivity (Wildman–Crippen MR) is 80.8 cm³/mol. The van der Waals surface area contributed by atoms with Crippen LogP contribution in [0.25, 0.3) is 0 Å². The van der Waals surface area contributed by atoms with Crippen molar-refractivity contribution in [2.45, 2.75) is 12.3 Å². The Kier molecular flexibility index (Phi) is 3.38. The summed E-state index contributed by atoms with van der Waals surface area (Å²) in [5.74, 6) is 0.440. The highest BCUT2D eigenvalue weighted by atomic mass is 79.9. The molecule has 2 nitrogen and oxygen atoms in total. The fourth-order valence-corrected chi connectivity index (χ4v) is 2.86. The van der Waals surface area contributed by atoms with Gasteiger partial charge in [-0.1, -0.05) is 46.3 Å². The van der Waals surface area contributed by atoms with Crippen molar-refractivity contribution in [2.75, 3.05) is 11.9 Å². The second kappa shape index (κ2) is 5.17. The molecule has 1 unspecified atom stereocenters. The van der Waals surface area contributed by atoms with Gasteiger partial charge >= 0.3 is 0 Å². The van der Waals surface area contributed by atoms with E-state index in [1.165, 1.54) is 5.56 Å². The first-order valence-electron chi connectivity index (χ1n) is 6.35. The molecule has 1 aliphatic heterocycles. The summed E-state index contributed by atoms with van der Waals surface area (Å²) < 4.78 is 0.944. The van der Waals surface area contributed by atoms with Gasteiger partial charge in [-0.25, -0.2) is 0 Å². The van der Waals surface area contributed by atoms with Crippen LogP contribution in [0.4, 0.5) is 5.69 Å². The molecular formula is C16H14BrNO. The van der Waals surface area contributed by atoms with E-state index in [4.69, 9.17) is 0 Å². The Morgan fingerprint density at radius 3 is 2.68 bits per heavy atom. The van der Waals surface area contributed by atoms with Crippen molar-refractivity contribution in [2.24, 2.45) is 0 Å². The molecule has 0 fully saturated rings. The number of carbonyl (C=O) groups excluding carboxylic acids is 1. The zero-order valence-electron chi connectivity index (χ0n) is 10.4. The van der Waals surface area contributed by atoms with E-state index in [1.54, 1.807) is 0 Å². The Morgan fingerprint density at radius 1 is 1.11 bits per heavy atom. The van der Waals surface area contributed by atoms with Gasteiger partial charge in [0, 0.05) is 34.6 Å². The SMILES string of the molecule is O=C1CC(c2ccccc2)CNc2ccc(Br)cc21. The number of hydrogen-bond acceptors (Lipinski definition) is 2. The molecular weight excluding hydrogens is 302 g/mol. The third-order valence-corrected chi connectivity index (χ3v) is 4.02. The minimum absolute atomic E-state index is 0.204. The summed E-state index contributed by atoms with van der Waals surface area (Å²) in [5.41, 5.74) is 2.94. The Bertz CT molecular complexity index is 609. The molecule has 1 N–H and O–H groups in total. The molecule has 0 aliphatic carbocycles. The van der Waals surface area contributed by atoms with Crippen molar-refractivity contribution in [3.8, 4) is 0 Å². The Labute approximate surface area is 121 Å². The third kappa shape index (κ3) is 2.56. The van der Waals surface area contributed by atoms with Gasteiger partial charge in [-0.05, 0) is 23.8 Å². The highest BCUT2D eigenvalue weighted by Gasteiger charge is 2.23. The second-order valence-electron chi connectivity index (χ2n) is 4.81. The van der Waals surface area contributed by atoms with E-state index in [0.717, 1.165) is 22.3 Å². The van der Waals surface area contributed by atoms with E-state index in [2.05, 4.69) is 33.4 Å². The molecule has 2 aromatic carbocycles. The van der Waals surface area contributed by atoms with Gasteiger partial charge in [-0.15, -0.1) is 0 Å². The van der Waals surface area contributed by atoms with Crippen LogP contribution in [0.15, 0.2) is 53.0 Å². The van der Waals surface area contributed by atoms with E-state index in [1.807, 2.05) is 36.4 Å². The first-order valence-corrected chi connectivity index (χ1v) is 7.15. The molecule has 3 heteroatoms. The average molecular weight is 316 g/mol. The number of anilines is 1. The average Bonchev–Trinajstić information content (AvgIpc) is 2.60. The summed E-state index contributed by atoms with van der Waals surface area (Å²) in [6, 6.07) is 16.0. The maximum Gasteiger partial charge on any atom is 0.165 e. The van der Waals surface area contributed by atoms with Gasteiger partial charge in [0.1, 0.15) is 0 Å². The molecule has 1 heterocycles. The molecule has 0 amide bonds. The third-order valence-electron chi connectivity index (χ3n) is 3.52. The van der Waals surface area contributed by atoms with E-state index >= 15 is 0 Å². The molecule has 2 aromatic rings. The summed E-state index contributed by atoms with van der Waals surface area (Å²) in [7, 11) is 0. The summed E-state index contributed by atoms with van der Waals surface area (Å²) in [6.45, 7) is 0.796. The van der Waals surface area contributed by atoms with Crippen molar-refractivity contribution in [3.05, 3.63) is 64.1 Å². The molecule has 1 atom stereocenters. The highest BCUT2D eigenvalue weighted by Crippen LogP contribution is 2.30. The first-order chi connectivity index (χ1) is 9.24. The van der Waals surface area contributed by atoms with Crippen molar-refractivity contribution in [3.63, 3.8) is 0 Å². The van der Waals surface area contributed by atoms with Gasteiger partial charge in [0.05, 0.1) is 0 Å². The van der Waals surface area contributed by atoms with Crippen molar-refractivity contribution >= 4 is 27.4 Å². The number of hydrogen-bond donors (Lipinski definition) is 1. The summed E-state index contributed by atoms with van der Waals surface area (Å²) in [6.07, 6.45) is 0.556. The summed E-state index contributed by atoms with van der Waals surface area (Å²) in [4.78, 5) is 12.4. The molecule has 19 heavy (non-hydrogen) atoms. The summed E-state index contributed by atoms with van der Waals surface area (Å²) >= 11 is 3.42. The lowest BCUT2D eigenvalue weighted by Crippen LogP contribution is -2.11. The van der Waals surface area contributed by atoms with Crippen LogP contribution < -0.4 is 5.32 Å². The molecule has 0 saturated carbocycles. The zero-order valence-corrected chi connectivity index (χ0v) is 12.0. The lowest BCUT2D eigenvalue weighted by Gasteiger charge is -2.14. The zero-order chi connectivity index (χ0) is 13.2. The van der Waals surface area contributed by atoms with Crippen LogP contribution in [0, 0.1) is 0 Å². The molecule has 0 radical (unpaired) electrons. The number of ketones is 1. The van der Waals surface area contributed by atoms with Gasteiger partial charge in [-0.3, -0.25) is 4.79 Å². The lowest BCUT2D eigenvalue weighted by molar-refractivity contribution is 0.0978. The minimum atomic E-state index is 0.204. The fraction of sp³-hybridized carbons (Fsp3) is 0.188. The van der Waals surface area contributed by atoms with Crippen molar-refractivity contribution in [1.82, 2.24) is 0 Å². The van der Waals surface area contributed by atoms with Gasteiger partial charge in [0.2, 0.25) is 0 Å². The van der Waals surface area contributed by atoms with E-state index in [-0.39, 0.29) is 11.7 Å². The summed E-state index contributed by atoms with van der Waals surface area (Å²) in [5, 5.41) is 3.39. The van der Waals surface area contributed by atoms with E-state index in [9.17, 15) is 4.79 Å².